The molecule has 1 N–H and O–H groups in total. The van der Waals surface area contributed by atoms with Gasteiger partial charge in [0.1, 0.15) is 0 Å². The zero-order chi connectivity index (χ0) is 19.3. The Morgan fingerprint density at radius 3 is 2.67 bits per heavy atom. The molecule has 27 heavy (non-hydrogen) atoms. The van der Waals surface area contributed by atoms with E-state index in [1.165, 1.54) is 5.56 Å². The summed E-state index contributed by atoms with van der Waals surface area (Å²) in [4.78, 5) is 11.9. The standard InChI is InChI=1S/C21H26N2O3S/c1-3-12-26-19-11-10-18(13-20(19)25-4-2)14-22-23-21(24)16-27-15-17-8-6-5-7-9-17/h5-11,13-14H,3-4,12,15-16H2,1-2H3,(H,23,24). The predicted octanol–water partition coefficient (Wildman–Crippen LogP) is 4.26. The number of thioether (sulfide) groups is 1. The van der Waals surface area contributed by atoms with Crippen LogP contribution >= 0.6 is 11.8 Å². The normalized spacial score (nSPS) is 10.7. The lowest BCUT2D eigenvalue weighted by Crippen LogP contribution is -2.19. The minimum atomic E-state index is -0.125. The molecule has 0 atom stereocenters. The number of benzene rings is 2. The van der Waals surface area contributed by atoms with E-state index in [4.69, 9.17) is 9.47 Å². The van der Waals surface area contributed by atoms with Gasteiger partial charge in [0, 0.05) is 5.75 Å². The summed E-state index contributed by atoms with van der Waals surface area (Å²) in [6.07, 6.45) is 2.54. The lowest BCUT2D eigenvalue weighted by molar-refractivity contribution is -0.118. The smallest absolute Gasteiger partial charge is 0.250 e. The summed E-state index contributed by atoms with van der Waals surface area (Å²) in [6, 6.07) is 15.7. The van der Waals surface area contributed by atoms with Crippen LogP contribution in [0.3, 0.4) is 0 Å². The number of nitrogens with zero attached hydrogens (tertiary/aromatic N) is 1. The lowest BCUT2D eigenvalue weighted by Gasteiger charge is -2.11. The predicted molar refractivity (Wildman–Crippen MR) is 112 cm³/mol. The number of hydrazone groups is 1. The number of carbonyl (C=O) groups is 1. The molecular weight excluding hydrogens is 360 g/mol. The molecule has 1 amide bonds. The molecule has 2 aromatic rings. The molecule has 6 heteroatoms. The van der Waals surface area contributed by atoms with E-state index < -0.39 is 0 Å². The van der Waals surface area contributed by atoms with Crippen molar-refractivity contribution in [1.29, 1.82) is 0 Å². The van der Waals surface area contributed by atoms with Crippen LogP contribution in [0.1, 0.15) is 31.4 Å². The Hall–Kier alpha value is -2.47. The van der Waals surface area contributed by atoms with Gasteiger partial charge in [-0.25, -0.2) is 5.43 Å². The quantitative estimate of drug-likeness (QED) is 0.463. The highest BCUT2D eigenvalue weighted by Crippen LogP contribution is 2.28. The van der Waals surface area contributed by atoms with E-state index in [1.54, 1.807) is 18.0 Å². The molecule has 0 aliphatic carbocycles. The number of hydrogen-bond donors (Lipinski definition) is 1. The third kappa shape index (κ3) is 7.74. The van der Waals surface area contributed by atoms with Crippen LogP contribution in [0.5, 0.6) is 11.5 Å². The van der Waals surface area contributed by atoms with E-state index >= 15 is 0 Å². The third-order valence-corrected chi connectivity index (χ3v) is 4.48. The van der Waals surface area contributed by atoms with E-state index in [0.717, 1.165) is 23.5 Å². The fourth-order valence-corrected chi connectivity index (χ4v) is 3.03. The Morgan fingerprint density at radius 2 is 1.93 bits per heavy atom. The Labute approximate surface area is 165 Å². The molecule has 0 spiro atoms. The van der Waals surface area contributed by atoms with Crippen LogP contribution in [0.15, 0.2) is 53.6 Å². The maximum Gasteiger partial charge on any atom is 0.250 e. The fraction of sp³-hybridized carbons (Fsp3) is 0.333. The minimum Gasteiger partial charge on any atom is -0.490 e. The molecule has 0 heterocycles. The number of rotatable bonds is 11. The van der Waals surface area contributed by atoms with Crippen molar-refractivity contribution >= 4 is 23.9 Å². The van der Waals surface area contributed by atoms with Crippen LogP contribution < -0.4 is 14.9 Å². The fourth-order valence-electron chi connectivity index (χ4n) is 2.25. The summed E-state index contributed by atoms with van der Waals surface area (Å²) in [5.41, 5.74) is 4.59. The molecule has 5 nitrogen and oxygen atoms in total. The van der Waals surface area contributed by atoms with E-state index in [1.807, 2.05) is 55.5 Å². The summed E-state index contributed by atoms with van der Waals surface area (Å²) >= 11 is 1.56. The molecule has 0 aromatic heterocycles. The summed E-state index contributed by atoms with van der Waals surface area (Å²) in [5, 5.41) is 4.03. The van der Waals surface area contributed by atoms with E-state index in [0.29, 0.717) is 24.7 Å². The second-order valence-corrected chi connectivity index (χ2v) is 6.74. The van der Waals surface area contributed by atoms with Crippen LogP contribution in [0.2, 0.25) is 0 Å². The van der Waals surface area contributed by atoms with Crippen LogP contribution in [-0.4, -0.2) is 31.1 Å². The van der Waals surface area contributed by atoms with Crippen molar-refractivity contribution in [2.45, 2.75) is 26.0 Å². The van der Waals surface area contributed by atoms with Crippen molar-refractivity contribution in [1.82, 2.24) is 5.43 Å². The van der Waals surface area contributed by atoms with Gasteiger partial charge >= 0.3 is 0 Å². The Morgan fingerprint density at radius 1 is 1.11 bits per heavy atom. The van der Waals surface area contributed by atoms with Gasteiger partial charge in [-0.05, 0) is 42.7 Å². The van der Waals surface area contributed by atoms with Gasteiger partial charge in [-0.1, -0.05) is 37.3 Å². The molecule has 0 aliphatic rings. The molecule has 0 saturated carbocycles. The Bertz CT molecular complexity index is 735. The molecule has 0 saturated heterocycles. The molecule has 0 aliphatic heterocycles. The number of hydrogen-bond acceptors (Lipinski definition) is 5. The van der Waals surface area contributed by atoms with Crippen LogP contribution in [0, 0.1) is 0 Å². The summed E-state index contributed by atoms with van der Waals surface area (Å²) in [7, 11) is 0. The zero-order valence-electron chi connectivity index (χ0n) is 15.8. The van der Waals surface area contributed by atoms with Gasteiger partial charge in [0.15, 0.2) is 11.5 Å². The van der Waals surface area contributed by atoms with Gasteiger partial charge in [-0.2, -0.15) is 5.10 Å². The minimum absolute atomic E-state index is 0.125. The average molecular weight is 387 g/mol. The SMILES string of the molecule is CCCOc1ccc(C=NNC(=O)CSCc2ccccc2)cc1OCC. The Kier molecular flexibility index (Phi) is 9.27. The van der Waals surface area contributed by atoms with E-state index in [2.05, 4.69) is 17.5 Å². The molecule has 0 radical (unpaired) electrons. The van der Waals surface area contributed by atoms with Crippen LogP contribution in [0.25, 0.3) is 0 Å². The topological polar surface area (TPSA) is 59.9 Å². The van der Waals surface area contributed by atoms with Crippen LogP contribution in [0.4, 0.5) is 0 Å². The highest BCUT2D eigenvalue weighted by molar-refractivity contribution is 7.99. The van der Waals surface area contributed by atoms with Crippen LogP contribution in [-0.2, 0) is 10.5 Å². The first-order valence-electron chi connectivity index (χ1n) is 9.06. The van der Waals surface area contributed by atoms with Crippen molar-refractivity contribution in [2.75, 3.05) is 19.0 Å². The number of ether oxygens (including phenoxy) is 2. The summed E-state index contributed by atoms with van der Waals surface area (Å²) < 4.78 is 11.3. The number of carbonyl (C=O) groups excluding carboxylic acids is 1. The lowest BCUT2D eigenvalue weighted by atomic mass is 10.2. The second-order valence-electron chi connectivity index (χ2n) is 5.76. The van der Waals surface area contributed by atoms with E-state index in [-0.39, 0.29) is 5.91 Å². The highest BCUT2D eigenvalue weighted by atomic mass is 32.2. The maximum atomic E-state index is 11.9. The Balaban J connectivity index is 1.81. The van der Waals surface area contributed by atoms with Crippen molar-refractivity contribution in [3.63, 3.8) is 0 Å². The van der Waals surface area contributed by atoms with Gasteiger partial charge in [0.05, 0.1) is 25.2 Å². The summed E-state index contributed by atoms with van der Waals surface area (Å²) in [5.74, 6) is 2.44. The van der Waals surface area contributed by atoms with Crippen molar-refractivity contribution in [3.8, 4) is 11.5 Å². The molecule has 0 unspecified atom stereocenters. The molecule has 2 rings (SSSR count). The van der Waals surface area contributed by atoms with Crippen molar-refractivity contribution < 1.29 is 14.3 Å². The van der Waals surface area contributed by atoms with Gasteiger partial charge < -0.3 is 9.47 Å². The van der Waals surface area contributed by atoms with Gasteiger partial charge in [-0.15, -0.1) is 11.8 Å². The molecule has 2 aromatic carbocycles. The second kappa shape index (κ2) is 12.0. The zero-order valence-corrected chi connectivity index (χ0v) is 16.6. The van der Waals surface area contributed by atoms with Gasteiger partial charge in [0.2, 0.25) is 5.91 Å². The molecule has 0 bridgehead atoms. The number of amides is 1. The molecular formula is C21H26N2O3S. The first kappa shape index (κ1) is 20.8. The van der Waals surface area contributed by atoms with Crippen molar-refractivity contribution in [3.05, 3.63) is 59.7 Å². The van der Waals surface area contributed by atoms with Gasteiger partial charge in [-0.3, -0.25) is 4.79 Å². The average Bonchev–Trinajstić information content (AvgIpc) is 2.68. The molecule has 0 fully saturated rings. The van der Waals surface area contributed by atoms with Gasteiger partial charge in [0.25, 0.3) is 0 Å². The first-order valence-corrected chi connectivity index (χ1v) is 10.2. The maximum absolute atomic E-state index is 11.9. The highest BCUT2D eigenvalue weighted by Gasteiger charge is 2.06. The number of nitrogens with one attached hydrogen (secondary N) is 1. The largest absolute Gasteiger partial charge is 0.490 e. The first-order chi connectivity index (χ1) is 13.2. The third-order valence-electron chi connectivity index (χ3n) is 3.48. The molecule has 144 valence electrons. The van der Waals surface area contributed by atoms with Crippen molar-refractivity contribution in [2.24, 2.45) is 5.10 Å². The summed E-state index contributed by atoms with van der Waals surface area (Å²) in [6.45, 7) is 5.18. The monoisotopic (exact) mass is 386 g/mol. The van der Waals surface area contributed by atoms with E-state index in [9.17, 15) is 4.79 Å².